The van der Waals surface area contributed by atoms with Crippen LogP contribution in [-0.2, 0) is 0 Å². The molecule has 0 saturated heterocycles. The number of hydrogen-bond acceptors (Lipinski definition) is 1. The Kier molecular flexibility index (Phi) is 5.95. The second-order valence-electron chi connectivity index (χ2n) is 3.91. The summed E-state index contributed by atoms with van der Waals surface area (Å²) in [6.07, 6.45) is -4.99. The topological polar surface area (TPSA) is 12.0 Å². The van der Waals surface area contributed by atoms with Gasteiger partial charge < -0.3 is 5.32 Å². The highest BCUT2D eigenvalue weighted by Crippen LogP contribution is 2.34. The summed E-state index contributed by atoms with van der Waals surface area (Å²) in [7, 11) is 0. The zero-order chi connectivity index (χ0) is 13.8. The normalized spacial score (nSPS) is 13.7. The molecule has 102 valence electrons. The van der Waals surface area contributed by atoms with Crippen molar-refractivity contribution in [1.82, 2.24) is 5.32 Å². The Hall–Kier alpha value is -0.260. The number of hydrogen-bond donors (Lipinski definition) is 1. The summed E-state index contributed by atoms with van der Waals surface area (Å²) < 4.78 is 37.5. The van der Waals surface area contributed by atoms with Gasteiger partial charge in [0.25, 0.3) is 0 Å². The minimum Gasteiger partial charge on any atom is -0.310 e. The maximum atomic E-state index is 12.3. The highest BCUT2D eigenvalue weighted by atomic mass is 79.9. The second kappa shape index (κ2) is 6.78. The molecule has 0 saturated carbocycles. The Morgan fingerprint density at radius 3 is 2.61 bits per heavy atom. The van der Waals surface area contributed by atoms with Crippen LogP contribution in [-0.4, -0.2) is 12.7 Å². The lowest BCUT2D eigenvalue weighted by Gasteiger charge is -2.20. The first-order chi connectivity index (χ1) is 8.35. The molecule has 0 aliphatic carbocycles. The summed E-state index contributed by atoms with van der Waals surface area (Å²) in [6.45, 7) is 2.44. The molecule has 1 unspecified atom stereocenters. The van der Waals surface area contributed by atoms with E-state index in [0.717, 1.165) is 0 Å². The number of benzene rings is 1. The molecule has 1 rings (SSSR count). The number of halogens is 5. The molecule has 1 nitrogen and oxygen atoms in total. The van der Waals surface area contributed by atoms with Gasteiger partial charge >= 0.3 is 6.18 Å². The van der Waals surface area contributed by atoms with Crippen LogP contribution in [0.2, 0.25) is 5.02 Å². The van der Waals surface area contributed by atoms with Crippen molar-refractivity contribution in [3.8, 4) is 0 Å². The third-order valence-electron chi connectivity index (χ3n) is 2.52. The van der Waals surface area contributed by atoms with E-state index < -0.39 is 12.6 Å². The minimum absolute atomic E-state index is 0.0203. The summed E-state index contributed by atoms with van der Waals surface area (Å²) in [5.41, 5.74) is 0.692. The monoisotopic (exact) mass is 343 g/mol. The van der Waals surface area contributed by atoms with Gasteiger partial charge in [0.2, 0.25) is 0 Å². The van der Waals surface area contributed by atoms with Crippen molar-refractivity contribution in [3.05, 3.63) is 33.3 Å². The molecule has 0 aliphatic heterocycles. The van der Waals surface area contributed by atoms with Gasteiger partial charge in [-0.05, 0) is 40.5 Å². The van der Waals surface area contributed by atoms with Crippen LogP contribution >= 0.6 is 27.5 Å². The molecule has 0 amide bonds. The van der Waals surface area contributed by atoms with E-state index in [4.69, 9.17) is 11.6 Å². The van der Waals surface area contributed by atoms with Gasteiger partial charge in [-0.15, -0.1) is 0 Å². The van der Waals surface area contributed by atoms with E-state index in [0.29, 0.717) is 21.6 Å². The fourth-order valence-corrected chi connectivity index (χ4v) is 2.35. The van der Waals surface area contributed by atoms with Crippen molar-refractivity contribution in [2.24, 2.45) is 0 Å². The molecule has 0 heterocycles. The quantitative estimate of drug-likeness (QED) is 0.784. The predicted octanol–water partition coefficient (Wildman–Crippen LogP) is 5.10. The molecule has 0 fully saturated rings. The lowest BCUT2D eigenvalue weighted by atomic mass is 10.0. The van der Waals surface area contributed by atoms with Crippen LogP contribution in [0.1, 0.15) is 31.4 Å². The van der Waals surface area contributed by atoms with E-state index in [-0.39, 0.29) is 12.5 Å². The van der Waals surface area contributed by atoms with Crippen LogP contribution < -0.4 is 5.32 Å². The summed E-state index contributed by atoms with van der Waals surface area (Å²) in [5, 5.41) is 3.50. The van der Waals surface area contributed by atoms with E-state index >= 15 is 0 Å². The van der Waals surface area contributed by atoms with E-state index in [9.17, 15) is 13.2 Å². The first-order valence-corrected chi connectivity index (χ1v) is 6.76. The van der Waals surface area contributed by atoms with Gasteiger partial charge in [-0.3, -0.25) is 0 Å². The molecule has 0 radical (unpaired) electrons. The highest BCUT2D eigenvalue weighted by Gasteiger charge is 2.29. The molecule has 0 bridgehead atoms. The summed E-state index contributed by atoms with van der Waals surface area (Å²) in [6, 6.07) is 4.89. The van der Waals surface area contributed by atoms with Crippen molar-refractivity contribution >= 4 is 27.5 Å². The van der Waals surface area contributed by atoms with Crippen molar-refractivity contribution in [1.29, 1.82) is 0 Å². The molecule has 1 N–H and O–H groups in total. The fraction of sp³-hybridized carbons (Fsp3) is 0.500. The van der Waals surface area contributed by atoms with Crippen LogP contribution in [0.3, 0.4) is 0 Å². The average molecular weight is 345 g/mol. The molecule has 0 aromatic heterocycles. The third kappa shape index (κ3) is 4.78. The molecule has 1 atom stereocenters. The number of nitrogens with one attached hydrogen (secondary N) is 1. The van der Waals surface area contributed by atoms with Gasteiger partial charge in [0.05, 0.1) is 5.02 Å². The van der Waals surface area contributed by atoms with Gasteiger partial charge in [-0.2, -0.15) is 13.2 Å². The van der Waals surface area contributed by atoms with Crippen molar-refractivity contribution < 1.29 is 13.2 Å². The molecule has 6 heteroatoms. The zero-order valence-electron chi connectivity index (χ0n) is 9.82. The molecular formula is C12H14BrClF3N. The van der Waals surface area contributed by atoms with E-state index in [1.54, 1.807) is 18.2 Å². The largest absolute Gasteiger partial charge is 0.389 e. The first-order valence-electron chi connectivity index (χ1n) is 5.59. The Morgan fingerprint density at radius 1 is 1.39 bits per heavy atom. The lowest BCUT2D eigenvalue weighted by molar-refractivity contribution is -0.136. The van der Waals surface area contributed by atoms with Gasteiger partial charge in [-0.1, -0.05) is 30.7 Å². The van der Waals surface area contributed by atoms with Crippen LogP contribution in [0.4, 0.5) is 13.2 Å². The minimum atomic E-state index is -4.15. The van der Waals surface area contributed by atoms with Crippen molar-refractivity contribution in [2.45, 2.75) is 32.0 Å². The number of rotatable bonds is 5. The Morgan fingerprint density at radius 2 is 2.06 bits per heavy atom. The van der Waals surface area contributed by atoms with E-state index in [2.05, 4.69) is 21.2 Å². The third-order valence-corrected chi connectivity index (χ3v) is 3.83. The SMILES string of the molecule is CCNC(CCC(F)(F)F)c1cccc(Br)c1Cl. The average Bonchev–Trinajstić information content (AvgIpc) is 2.27. The smallest absolute Gasteiger partial charge is 0.310 e. The van der Waals surface area contributed by atoms with Crippen LogP contribution in [0.15, 0.2) is 22.7 Å². The molecule has 0 spiro atoms. The Bertz CT molecular complexity index is 395. The molecule has 18 heavy (non-hydrogen) atoms. The van der Waals surface area contributed by atoms with Gasteiger partial charge in [0.1, 0.15) is 0 Å². The highest BCUT2D eigenvalue weighted by molar-refractivity contribution is 9.10. The van der Waals surface area contributed by atoms with E-state index in [1.165, 1.54) is 0 Å². The summed E-state index contributed by atoms with van der Waals surface area (Å²) in [4.78, 5) is 0. The van der Waals surface area contributed by atoms with Gasteiger partial charge in [0, 0.05) is 16.9 Å². The van der Waals surface area contributed by atoms with Crippen LogP contribution in [0.25, 0.3) is 0 Å². The summed E-state index contributed by atoms with van der Waals surface area (Å²) in [5.74, 6) is 0. The maximum Gasteiger partial charge on any atom is 0.389 e. The maximum absolute atomic E-state index is 12.3. The standard InChI is InChI=1S/C12H14BrClF3N/c1-2-18-10(6-7-12(15,16)17)8-4-3-5-9(13)11(8)14/h3-5,10,18H,2,6-7H2,1H3. The first kappa shape index (κ1) is 15.8. The van der Waals surface area contributed by atoms with E-state index in [1.807, 2.05) is 6.92 Å². The van der Waals surface area contributed by atoms with Gasteiger partial charge in [-0.25, -0.2) is 0 Å². The second-order valence-corrected chi connectivity index (χ2v) is 5.14. The van der Waals surface area contributed by atoms with Gasteiger partial charge in [0.15, 0.2) is 0 Å². The lowest BCUT2D eigenvalue weighted by Crippen LogP contribution is -2.23. The molecule has 1 aromatic carbocycles. The van der Waals surface area contributed by atoms with Crippen LogP contribution in [0, 0.1) is 0 Å². The predicted molar refractivity (Wildman–Crippen MR) is 70.9 cm³/mol. The molecular weight excluding hydrogens is 330 g/mol. The zero-order valence-corrected chi connectivity index (χ0v) is 12.2. The Labute approximate surface area is 118 Å². The molecule has 1 aromatic rings. The summed E-state index contributed by atoms with van der Waals surface area (Å²) >= 11 is 9.38. The van der Waals surface area contributed by atoms with Crippen molar-refractivity contribution in [3.63, 3.8) is 0 Å². The Balaban J connectivity index is 2.87. The molecule has 0 aliphatic rings. The van der Waals surface area contributed by atoms with Crippen molar-refractivity contribution in [2.75, 3.05) is 6.54 Å². The fourth-order valence-electron chi connectivity index (χ4n) is 1.71. The number of alkyl halides is 3. The van der Waals surface area contributed by atoms with Crippen LogP contribution in [0.5, 0.6) is 0 Å².